The lowest BCUT2D eigenvalue weighted by Gasteiger charge is -2.26. The molecule has 3 N–H and O–H groups in total. The highest BCUT2D eigenvalue weighted by atomic mass is 16.6. The molecule has 0 aliphatic heterocycles. The highest BCUT2D eigenvalue weighted by Crippen LogP contribution is 2.13. The normalized spacial score (nSPS) is 27.8. The molecule has 0 aromatic rings. The summed E-state index contributed by atoms with van der Waals surface area (Å²) in [6.07, 6.45) is 7.90. The van der Waals surface area contributed by atoms with E-state index in [1.54, 1.807) is 0 Å². The minimum Gasteiger partial charge on any atom is -0.444 e. The van der Waals surface area contributed by atoms with Gasteiger partial charge in [0, 0.05) is 6.04 Å². The summed E-state index contributed by atoms with van der Waals surface area (Å²) in [6, 6.07) is -0.149. The molecule has 1 rings (SSSR count). The molecule has 98 valence electrons. The molecule has 2 atom stereocenters. The molecule has 0 aromatic carbocycles. The van der Waals surface area contributed by atoms with Gasteiger partial charge in [0.1, 0.15) is 5.60 Å². The zero-order valence-corrected chi connectivity index (χ0v) is 11.0. The van der Waals surface area contributed by atoms with E-state index in [4.69, 9.17) is 10.5 Å². The molecule has 0 saturated heterocycles. The highest BCUT2D eigenvalue weighted by molar-refractivity contribution is 5.68. The number of nitrogens with one attached hydrogen (secondary N) is 1. The molecule has 0 spiro atoms. The van der Waals surface area contributed by atoms with Crippen molar-refractivity contribution in [2.45, 2.75) is 64.1 Å². The number of hydrogen-bond donors (Lipinski definition) is 2. The van der Waals surface area contributed by atoms with E-state index in [0.29, 0.717) is 0 Å². The number of allylic oxidation sites excluding steroid dienone is 1. The van der Waals surface area contributed by atoms with Crippen LogP contribution < -0.4 is 11.1 Å². The first-order chi connectivity index (χ1) is 7.88. The van der Waals surface area contributed by atoms with Gasteiger partial charge < -0.3 is 15.8 Å². The van der Waals surface area contributed by atoms with Crippen LogP contribution in [0.4, 0.5) is 4.79 Å². The van der Waals surface area contributed by atoms with E-state index in [2.05, 4.69) is 11.4 Å². The summed E-state index contributed by atoms with van der Waals surface area (Å²) in [7, 11) is 0. The SMILES string of the molecule is CC(C)(C)OC(=O)N[C@@H]1CCCC/C=C/[C@H]1N. The maximum Gasteiger partial charge on any atom is 0.407 e. The Morgan fingerprint density at radius 3 is 2.76 bits per heavy atom. The van der Waals surface area contributed by atoms with Crippen molar-refractivity contribution >= 4 is 6.09 Å². The first-order valence-corrected chi connectivity index (χ1v) is 6.30. The quantitative estimate of drug-likeness (QED) is 0.691. The Morgan fingerprint density at radius 1 is 1.41 bits per heavy atom. The van der Waals surface area contributed by atoms with E-state index in [1.807, 2.05) is 26.8 Å². The molecule has 0 radical (unpaired) electrons. The summed E-state index contributed by atoms with van der Waals surface area (Å²) in [5, 5.41) is 2.86. The second kappa shape index (κ2) is 6.05. The third-order valence-corrected chi connectivity index (χ3v) is 2.66. The lowest BCUT2D eigenvalue weighted by atomic mass is 9.98. The number of carbonyl (C=O) groups is 1. The number of amides is 1. The van der Waals surface area contributed by atoms with Gasteiger partial charge in [-0.15, -0.1) is 0 Å². The van der Waals surface area contributed by atoms with Gasteiger partial charge in [-0.3, -0.25) is 0 Å². The molecule has 0 unspecified atom stereocenters. The third kappa shape index (κ3) is 5.73. The molecule has 4 heteroatoms. The van der Waals surface area contributed by atoms with Gasteiger partial charge in [0.15, 0.2) is 0 Å². The van der Waals surface area contributed by atoms with Crippen LogP contribution in [0, 0.1) is 0 Å². The summed E-state index contributed by atoms with van der Waals surface area (Å²) in [5.74, 6) is 0. The van der Waals surface area contributed by atoms with Gasteiger partial charge >= 0.3 is 6.09 Å². The Morgan fingerprint density at radius 2 is 2.12 bits per heavy atom. The molecule has 0 bridgehead atoms. The molecule has 0 aromatic heterocycles. The van der Waals surface area contributed by atoms with E-state index >= 15 is 0 Å². The molecule has 17 heavy (non-hydrogen) atoms. The van der Waals surface area contributed by atoms with Gasteiger partial charge in [-0.05, 0) is 40.0 Å². The maximum absolute atomic E-state index is 11.7. The molecule has 1 amide bonds. The fourth-order valence-electron chi connectivity index (χ4n) is 1.83. The minimum atomic E-state index is -0.467. The highest BCUT2D eigenvalue weighted by Gasteiger charge is 2.22. The molecular formula is C13H24N2O2. The number of hydrogen-bond acceptors (Lipinski definition) is 3. The van der Waals surface area contributed by atoms with Gasteiger partial charge in [0.05, 0.1) is 6.04 Å². The number of carbonyl (C=O) groups excluding carboxylic acids is 1. The molecule has 0 heterocycles. The smallest absolute Gasteiger partial charge is 0.407 e. The van der Waals surface area contributed by atoms with E-state index in [9.17, 15) is 4.79 Å². The Labute approximate surface area is 104 Å². The van der Waals surface area contributed by atoms with Gasteiger partial charge in [-0.1, -0.05) is 18.6 Å². The van der Waals surface area contributed by atoms with Gasteiger partial charge in [-0.25, -0.2) is 4.79 Å². The Bertz CT molecular complexity index is 282. The van der Waals surface area contributed by atoms with Crippen molar-refractivity contribution in [3.05, 3.63) is 12.2 Å². The second-order valence-corrected chi connectivity index (χ2v) is 5.54. The van der Waals surface area contributed by atoms with Crippen LogP contribution in [0.15, 0.2) is 12.2 Å². The average molecular weight is 240 g/mol. The molecule has 1 aliphatic carbocycles. The summed E-state index contributed by atoms with van der Waals surface area (Å²) < 4.78 is 5.23. The summed E-state index contributed by atoms with van der Waals surface area (Å²) in [5.41, 5.74) is 5.54. The largest absolute Gasteiger partial charge is 0.444 e. The zero-order chi connectivity index (χ0) is 12.9. The fourth-order valence-corrected chi connectivity index (χ4v) is 1.83. The Kier molecular flexibility index (Phi) is 5.00. The van der Waals surface area contributed by atoms with Crippen LogP contribution in [0.5, 0.6) is 0 Å². The topological polar surface area (TPSA) is 64.3 Å². The van der Waals surface area contributed by atoms with E-state index < -0.39 is 5.60 Å². The van der Waals surface area contributed by atoms with Crippen LogP contribution in [0.25, 0.3) is 0 Å². The van der Waals surface area contributed by atoms with Crippen molar-refractivity contribution in [2.75, 3.05) is 0 Å². The lowest BCUT2D eigenvalue weighted by molar-refractivity contribution is 0.0497. The predicted octanol–water partition coefficient (Wildman–Crippen LogP) is 2.34. The van der Waals surface area contributed by atoms with Crippen LogP contribution in [0.1, 0.15) is 46.5 Å². The maximum atomic E-state index is 11.7. The van der Waals surface area contributed by atoms with Crippen molar-refractivity contribution in [3.63, 3.8) is 0 Å². The van der Waals surface area contributed by atoms with E-state index in [1.165, 1.54) is 0 Å². The molecule has 0 fully saturated rings. The van der Waals surface area contributed by atoms with Crippen molar-refractivity contribution in [1.82, 2.24) is 5.32 Å². The number of rotatable bonds is 1. The summed E-state index contributed by atoms with van der Waals surface area (Å²) in [4.78, 5) is 11.7. The molecule has 1 aliphatic rings. The Balaban J connectivity index is 2.50. The van der Waals surface area contributed by atoms with Crippen molar-refractivity contribution in [1.29, 1.82) is 0 Å². The van der Waals surface area contributed by atoms with Crippen molar-refractivity contribution in [2.24, 2.45) is 5.73 Å². The van der Waals surface area contributed by atoms with Crippen LogP contribution in [-0.2, 0) is 4.74 Å². The summed E-state index contributed by atoms with van der Waals surface area (Å²) >= 11 is 0. The first-order valence-electron chi connectivity index (χ1n) is 6.30. The third-order valence-electron chi connectivity index (χ3n) is 2.66. The van der Waals surface area contributed by atoms with Gasteiger partial charge in [0.25, 0.3) is 0 Å². The zero-order valence-electron chi connectivity index (χ0n) is 11.0. The van der Waals surface area contributed by atoms with Crippen LogP contribution >= 0.6 is 0 Å². The first kappa shape index (κ1) is 14.0. The van der Waals surface area contributed by atoms with E-state index in [0.717, 1.165) is 25.7 Å². The number of alkyl carbamates (subject to hydrolysis) is 1. The van der Waals surface area contributed by atoms with Gasteiger partial charge in [0.2, 0.25) is 0 Å². The van der Waals surface area contributed by atoms with Gasteiger partial charge in [-0.2, -0.15) is 0 Å². The molecule has 0 saturated carbocycles. The van der Waals surface area contributed by atoms with Crippen LogP contribution in [0.3, 0.4) is 0 Å². The Hall–Kier alpha value is -1.03. The number of nitrogens with two attached hydrogens (primary N) is 1. The van der Waals surface area contributed by atoms with Crippen molar-refractivity contribution in [3.8, 4) is 0 Å². The second-order valence-electron chi connectivity index (χ2n) is 5.54. The van der Waals surface area contributed by atoms with Crippen LogP contribution in [0.2, 0.25) is 0 Å². The summed E-state index contributed by atoms with van der Waals surface area (Å²) in [6.45, 7) is 5.56. The standard InChI is InChI=1S/C13H24N2O2/c1-13(2,3)17-12(16)15-11-9-7-5-4-6-8-10(11)14/h6,8,10-11H,4-5,7,9,14H2,1-3H3,(H,15,16)/b8-6+/t10-,11-/m1/s1. The van der Waals surface area contributed by atoms with E-state index in [-0.39, 0.29) is 18.2 Å². The van der Waals surface area contributed by atoms with Crippen molar-refractivity contribution < 1.29 is 9.53 Å². The average Bonchev–Trinajstić information content (AvgIpc) is 2.15. The lowest BCUT2D eigenvalue weighted by Crippen LogP contribution is -2.48. The molecule has 4 nitrogen and oxygen atoms in total. The fraction of sp³-hybridized carbons (Fsp3) is 0.769. The number of ether oxygens (including phenoxy) is 1. The molecular weight excluding hydrogens is 216 g/mol. The predicted molar refractivity (Wildman–Crippen MR) is 68.7 cm³/mol. The van der Waals surface area contributed by atoms with Crippen LogP contribution in [-0.4, -0.2) is 23.8 Å². The monoisotopic (exact) mass is 240 g/mol. The minimum absolute atomic E-state index is 0.0265.